The monoisotopic (exact) mass is 285 g/mol. The summed E-state index contributed by atoms with van der Waals surface area (Å²) in [6.07, 6.45) is 6.26. The number of ether oxygens (including phenoxy) is 1. The Kier molecular flexibility index (Phi) is 4.22. The number of nitrogens with two attached hydrogens (primary N) is 1. The van der Waals surface area contributed by atoms with Crippen LogP contribution < -0.4 is 5.73 Å². The van der Waals surface area contributed by atoms with Crippen LogP contribution in [-0.4, -0.2) is 30.1 Å². The van der Waals surface area contributed by atoms with Gasteiger partial charge in [0.15, 0.2) is 0 Å². The summed E-state index contributed by atoms with van der Waals surface area (Å²) >= 11 is 1.71. The minimum absolute atomic E-state index is 0.0640. The van der Waals surface area contributed by atoms with Gasteiger partial charge < -0.3 is 10.5 Å². The molecule has 0 aliphatic heterocycles. The van der Waals surface area contributed by atoms with Gasteiger partial charge in [-0.15, -0.1) is 0 Å². The smallest absolute Gasteiger partial charge is 0.323 e. The molecule has 0 spiro atoms. The quantitative estimate of drug-likeness (QED) is 0.789. The van der Waals surface area contributed by atoms with Gasteiger partial charge in [0.2, 0.25) is 0 Å². The molecule has 4 heteroatoms. The zero-order valence-corrected chi connectivity index (χ0v) is 13.4. The maximum atomic E-state index is 12.1. The summed E-state index contributed by atoms with van der Waals surface area (Å²) in [6, 6.07) is -0.460. The fraction of sp³-hybridized carbons (Fsp3) is 0.933. The highest BCUT2D eigenvalue weighted by molar-refractivity contribution is 7.98. The molecular formula is C15H27NO2S. The van der Waals surface area contributed by atoms with E-state index in [1.807, 2.05) is 6.26 Å². The molecule has 2 bridgehead atoms. The van der Waals surface area contributed by atoms with Crippen molar-refractivity contribution in [1.29, 1.82) is 0 Å². The summed E-state index contributed by atoms with van der Waals surface area (Å²) in [7, 11) is 0. The lowest BCUT2D eigenvalue weighted by Gasteiger charge is -2.38. The molecule has 0 aromatic rings. The number of carbonyl (C=O) groups excluding carboxylic acids is 1. The lowest BCUT2D eigenvalue weighted by Crippen LogP contribution is -2.42. The molecule has 19 heavy (non-hydrogen) atoms. The number of thioether (sulfide) groups is 1. The molecule has 0 saturated heterocycles. The third kappa shape index (κ3) is 2.42. The standard InChI is InChI=1S/C15H27NO2S/c1-14(2)10-5-7-15(14,3)12(9-10)18-13(17)11(16)6-8-19-4/h10-12H,5-9,16H2,1-4H3/t10?,11-,12?,15?/m1/s1. The Morgan fingerprint density at radius 3 is 2.63 bits per heavy atom. The van der Waals surface area contributed by atoms with Crippen molar-refractivity contribution in [1.82, 2.24) is 0 Å². The van der Waals surface area contributed by atoms with Gasteiger partial charge in [0.05, 0.1) is 0 Å². The van der Waals surface area contributed by atoms with Crippen molar-refractivity contribution >= 4 is 17.7 Å². The van der Waals surface area contributed by atoms with E-state index in [0.717, 1.165) is 12.2 Å². The number of rotatable bonds is 5. The second kappa shape index (κ2) is 5.28. The molecule has 0 aromatic carbocycles. The van der Waals surface area contributed by atoms with E-state index in [1.165, 1.54) is 12.8 Å². The van der Waals surface area contributed by atoms with Gasteiger partial charge in [0, 0.05) is 5.41 Å². The van der Waals surface area contributed by atoms with Crippen LogP contribution in [0.3, 0.4) is 0 Å². The van der Waals surface area contributed by atoms with Crippen LogP contribution >= 0.6 is 11.8 Å². The number of hydrogen-bond acceptors (Lipinski definition) is 4. The Balaban J connectivity index is 1.96. The second-order valence-corrected chi connectivity index (χ2v) is 7.91. The van der Waals surface area contributed by atoms with Gasteiger partial charge in [-0.1, -0.05) is 20.8 Å². The van der Waals surface area contributed by atoms with Gasteiger partial charge in [-0.2, -0.15) is 11.8 Å². The molecule has 110 valence electrons. The first-order valence-electron chi connectivity index (χ1n) is 7.28. The lowest BCUT2D eigenvalue weighted by molar-refractivity contribution is -0.158. The summed E-state index contributed by atoms with van der Waals surface area (Å²) in [6.45, 7) is 6.93. The average molecular weight is 285 g/mol. The van der Waals surface area contributed by atoms with Crippen LogP contribution in [0.2, 0.25) is 0 Å². The van der Waals surface area contributed by atoms with Crippen molar-refractivity contribution < 1.29 is 9.53 Å². The molecule has 0 heterocycles. The van der Waals surface area contributed by atoms with E-state index in [9.17, 15) is 4.79 Å². The summed E-state index contributed by atoms with van der Waals surface area (Å²) in [5.41, 5.74) is 6.31. The van der Waals surface area contributed by atoms with E-state index >= 15 is 0 Å². The van der Waals surface area contributed by atoms with Gasteiger partial charge in [0.1, 0.15) is 12.1 Å². The number of hydrogen-bond donors (Lipinski definition) is 1. The Bertz CT molecular complexity index is 358. The normalized spacial score (nSPS) is 37.3. The first-order valence-corrected chi connectivity index (χ1v) is 8.67. The average Bonchev–Trinajstić information content (AvgIpc) is 2.68. The van der Waals surface area contributed by atoms with E-state index in [-0.39, 0.29) is 22.9 Å². The number of fused-ring (bicyclic) bond motifs is 2. The molecule has 2 N–H and O–H groups in total. The molecule has 3 unspecified atom stereocenters. The third-order valence-electron chi connectivity index (χ3n) is 5.91. The summed E-state index contributed by atoms with van der Waals surface area (Å²) in [4.78, 5) is 12.1. The van der Waals surface area contributed by atoms with Crippen molar-refractivity contribution in [3.8, 4) is 0 Å². The zero-order chi connectivity index (χ0) is 14.3. The third-order valence-corrected chi connectivity index (χ3v) is 6.55. The van der Waals surface area contributed by atoms with Crippen molar-refractivity contribution in [3.05, 3.63) is 0 Å². The summed E-state index contributed by atoms with van der Waals surface area (Å²) in [5.74, 6) is 1.40. The highest BCUT2D eigenvalue weighted by Crippen LogP contribution is 2.66. The van der Waals surface area contributed by atoms with Crippen molar-refractivity contribution in [3.63, 3.8) is 0 Å². The molecule has 2 aliphatic carbocycles. The van der Waals surface area contributed by atoms with Crippen LogP contribution in [0.1, 0.15) is 46.5 Å². The van der Waals surface area contributed by atoms with E-state index in [1.54, 1.807) is 11.8 Å². The van der Waals surface area contributed by atoms with Gasteiger partial charge in [-0.25, -0.2) is 0 Å². The number of esters is 1. The molecule has 0 amide bonds. The minimum Gasteiger partial charge on any atom is -0.461 e. The van der Waals surface area contributed by atoms with E-state index < -0.39 is 6.04 Å². The van der Waals surface area contributed by atoms with Crippen LogP contribution in [0.5, 0.6) is 0 Å². The van der Waals surface area contributed by atoms with Crippen LogP contribution in [0.4, 0.5) is 0 Å². The Morgan fingerprint density at radius 1 is 1.47 bits per heavy atom. The molecule has 2 saturated carbocycles. The molecule has 2 fully saturated rings. The SMILES string of the molecule is CSCC[C@@H](N)C(=O)OC1CC2CCC1(C)C2(C)C. The molecule has 0 aromatic heterocycles. The van der Waals surface area contributed by atoms with Gasteiger partial charge in [-0.05, 0) is 49.0 Å². The van der Waals surface area contributed by atoms with Crippen molar-refractivity contribution in [2.45, 2.75) is 58.6 Å². The highest BCUT2D eigenvalue weighted by Gasteiger charge is 2.62. The minimum atomic E-state index is -0.460. The van der Waals surface area contributed by atoms with Gasteiger partial charge >= 0.3 is 5.97 Å². The van der Waals surface area contributed by atoms with Gasteiger partial charge in [0.25, 0.3) is 0 Å². The Morgan fingerprint density at radius 2 is 2.16 bits per heavy atom. The lowest BCUT2D eigenvalue weighted by atomic mass is 9.70. The maximum absolute atomic E-state index is 12.1. The molecule has 2 aliphatic rings. The molecular weight excluding hydrogens is 258 g/mol. The highest BCUT2D eigenvalue weighted by atomic mass is 32.2. The predicted molar refractivity (Wildman–Crippen MR) is 80.1 cm³/mol. The molecule has 4 atom stereocenters. The van der Waals surface area contributed by atoms with Crippen LogP contribution in [-0.2, 0) is 9.53 Å². The topological polar surface area (TPSA) is 52.3 Å². The van der Waals surface area contributed by atoms with E-state index in [4.69, 9.17) is 10.5 Å². The van der Waals surface area contributed by atoms with Crippen LogP contribution in [0.25, 0.3) is 0 Å². The molecule has 2 rings (SSSR count). The fourth-order valence-electron chi connectivity index (χ4n) is 3.90. The largest absolute Gasteiger partial charge is 0.461 e. The van der Waals surface area contributed by atoms with Crippen LogP contribution in [0, 0.1) is 16.7 Å². The number of carbonyl (C=O) groups is 1. The summed E-state index contributed by atoms with van der Waals surface area (Å²) < 4.78 is 5.77. The van der Waals surface area contributed by atoms with E-state index in [2.05, 4.69) is 20.8 Å². The first kappa shape index (κ1) is 15.2. The van der Waals surface area contributed by atoms with Gasteiger partial charge in [-0.3, -0.25) is 4.79 Å². The Hall–Kier alpha value is -0.220. The predicted octanol–water partition coefficient (Wildman–Crippen LogP) is 2.82. The molecule has 0 radical (unpaired) electrons. The maximum Gasteiger partial charge on any atom is 0.323 e. The van der Waals surface area contributed by atoms with Crippen LogP contribution in [0.15, 0.2) is 0 Å². The summed E-state index contributed by atoms with van der Waals surface area (Å²) in [5, 5.41) is 0. The second-order valence-electron chi connectivity index (χ2n) is 6.92. The Labute approximate surface area is 121 Å². The molecule has 3 nitrogen and oxygen atoms in total. The van der Waals surface area contributed by atoms with Crippen molar-refractivity contribution in [2.24, 2.45) is 22.5 Å². The van der Waals surface area contributed by atoms with Crippen molar-refractivity contribution in [2.75, 3.05) is 12.0 Å². The van der Waals surface area contributed by atoms with E-state index in [0.29, 0.717) is 12.3 Å². The zero-order valence-electron chi connectivity index (χ0n) is 12.6. The fourth-order valence-corrected chi connectivity index (χ4v) is 4.39. The first-order chi connectivity index (χ1) is 8.83.